The second-order valence-electron chi connectivity index (χ2n) is 6.69. The maximum atomic E-state index is 12.7. The van der Waals surface area contributed by atoms with Gasteiger partial charge in [0.05, 0.1) is 31.8 Å². The summed E-state index contributed by atoms with van der Waals surface area (Å²) in [7, 11) is 1.52. The molecule has 1 saturated carbocycles. The lowest BCUT2D eigenvalue weighted by Crippen LogP contribution is -2.28. The molecule has 3 aliphatic rings. The van der Waals surface area contributed by atoms with Crippen LogP contribution in [0.3, 0.4) is 0 Å². The van der Waals surface area contributed by atoms with Crippen LogP contribution < -0.4 is 9.47 Å². The van der Waals surface area contributed by atoms with Crippen molar-refractivity contribution in [1.82, 2.24) is 5.01 Å². The highest BCUT2D eigenvalue weighted by Crippen LogP contribution is 2.52. The number of methoxy groups -OCH3 is 1. The number of imide groups is 1. The Balaban J connectivity index is 1.64. The molecule has 2 amide bonds. The second kappa shape index (κ2) is 6.43. The third-order valence-corrected chi connectivity index (χ3v) is 5.53. The Kier molecular flexibility index (Phi) is 4.23. The molecule has 2 bridgehead atoms. The molecule has 0 spiro atoms. The van der Waals surface area contributed by atoms with E-state index >= 15 is 0 Å². The normalized spacial score (nSPS) is 29.1. The van der Waals surface area contributed by atoms with Crippen LogP contribution in [0, 0.1) is 23.7 Å². The number of benzene rings is 1. The van der Waals surface area contributed by atoms with Crippen LogP contribution in [-0.2, 0) is 9.59 Å². The lowest BCUT2D eigenvalue weighted by molar-refractivity contribution is -0.140. The fraction of sp³-hybridized carbons (Fsp3) is 0.421. The Morgan fingerprint density at radius 3 is 2.46 bits per heavy atom. The van der Waals surface area contributed by atoms with E-state index in [1.165, 1.54) is 13.3 Å². The van der Waals surface area contributed by atoms with Crippen molar-refractivity contribution in [2.75, 3.05) is 13.7 Å². The van der Waals surface area contributed by atoms with Crippen LogP contribution in [0.4, 0.5) is 0 Å². The molecule has 136 valence electrons. The molecule has 6 nitrogen and oxygen atoms in total. The number of carbonyl (C=O) groups excluding carboxylic acids is 2. The van der Waals surface area contributed by atoms with Crippen molar-refractivity contribution < 1.29 is 19.1 Å². The van der Waals surface area contributed by atoms with Gasteiger partial charge in [0.1, 0.15) is 0 Å². The van der Waals surface area contributed by atoms with E-state index in [9.17, 15) is 9.59 Å². The number of rotatable bonds is 5. The molecule has 1 aliphatic heterocycles. The van der Waals surface area contributed by atoms with E-state index in [2.05, 4.69) is 17.3 Å². The Hall–Kier alpha value is -2.34. The summed E-state index contributed by atoms with van der Waals surface area (Å²) >= 11 is 6.13. The maximum Gasteiger partial charge on any atom is 0.254 e. The van der Waals surface area contributed by atoms with Crippen molar-refractivity contribution in [3.05, 3.63) is 34.9 Å². The highest BCUT2D eigenvalue weighted by molar-refractivity contribution is 6.31. The van der Waals surface area contributed by atoms with Gasteiger partial charge in [-0.25, -0.2) is 0 Å². The molecule has 2 fully saturated rings. The maximum absolute atomic E-state index is 12.7. The average Bonchev–Trinajstić information content (AvgIpc) is 3.30. The van der Waals surface area contributed by atoms with Crippen molar-refractivity contribution in [1.29, 1.82) is 0 Å². The van der Waals surface area contributed by atoms with Crippen molar-refractivity contribution in [2.45, 2.75) is 13.3 Å². The van der Waals surface area contributed by atoms with Crippen LogP contribution in [0.15, 0.2) is 29.4 Å². The van der Waals surface area contributed by atoms with Crippen LogP contribution in [0.5, 0.6) is 11.5 Å². The van der Waals surface area contributed by atoms with Gasteiger partial charge in [-0.3, -0.25) is 9.59 Å². The summed E-state index contributed by atoms with van der Waals surface area (Å²) in [6.45, 7) is 2.28. The minimum absolute atomic E-state index is 0.159. The Labute approximate surface area is 156 Å². The summed E-state index contributed by atoms with van der Waals surface area (Å²) in [5.74, 6) is 0.284. The molecular formula is C19H19ClN2O4. The van der Waals surface area contributed by atoms with Crippen LogP contribution in [0.25, 0.3) is 0 Å². The van der Waals surface area contributed by atoms with Gasteiger partial charge in [-0.15, -0.1) is 0 Å². The number of allylic oxidation sites excluding steroid dienone is 2. The monoisotopic (exact) mass is 374 g/mol. The predicted octanol–water partition coefficient (Wildman–Crippen LogP) is 2.89. The first-order chi connectivity index (χ1) is 12.5. The molecule has 4 rings (SSSR count). The van der Waals surface area contributed by atoms with Gasteiger partial charge in [-0.2, -0.15) is 10.1 Å². The van der Waals surface area contributed by atoms with Crippen LogP contribution in [-0.4, -0.2) is 36.8 Å². The van der Waals surface area contributed by atoms with Gasteiger partial charge in [0.2, 0.25) is 0 Å². The first kappa shape index (κ1) is 17.1. The summed E-state index contributed by atoms with van der Waals surface area (Å²) in [6.07, 6.45) is 6.44. The molecule has 0 unspecified atom stereocenters. The topological polar surface area (TPSA) is 68.2 Å². The number of hydrogen-bond donors (Lipinski definition) is 0. The van der Waals surface area contributed by atoms with E-state index in [0.29, 0.717) is 28.7 Å². The summed E-state index contributed by atoms with van der Waals surface area (Å²) in [4.78, 5) is 25.4. The van der Waals surface area contributed by atoms with Crippen molar-refractivity contribution in [3.63, 3.8) is 0 Å². The summed E-state index contributed by atoms with van der Waals surface area (Å²) < 4.78 is 10.9. The van der Waals surface area contributed by atoms with E-state index in [1.807, 2.05) is 6.92 Å². The lowest BCUT2D eigenvalue weighted by atomic mass is 9.85. The smallest absolute Gasteiger partial charge is 0.254 e. The average molecular weight is 375 g/mol. The fourth-order valence-corrected chi connectivity index (χ4v) is 4.47. The molecule has 0 aromatic heterocycles. The quantitative estimate of drug-likeness (QED) is 0.451. The minimum atomic E-state index is -0.269. The van der Waals surface area contributed by atoms with Gasteiger partial charge in [-0.1, -0.05) is 23.8 Å². The number of amides is 2. The Morgan fingerprint density at radius 2 is 1.88 bits per heavy atom. The largest absolute Gasteiger partial charge is 0.493 e. The van der Waals surface area contributed by atoms with E-state index in [0.717, 1.165) is 11.4 Å². The molecule has 2 aliphatic carbocycles. The summed E-state index contributed by atoms with van der Waals surface area (Å²) in [5, 5.41) is 5.63. The number of ether oxygens (including phenoxy) is 2. The molecule has 4 atom stereocenters. The Bertz CT molecular complexity index is 805. The third kappa shape index (κ3) is 2.51. The molecule has 26 heavy (non-hydrogen) atoms. The van der Waals surface area contributed by atoms with Crippen molar-refractivity contribution >= 4 is 29.6 Å². The third-order valence-electron chi connectivity index (χ3n) is 5.32. The van der Waals surface area contributed by atoms with E-state index < -0.39 is 0 Å². The highest BCUT2D eigenvalue weighted by atomic mass is 35.5. The zero-order valence-corrected chi connectivity index (χ0v) is 15.3. The van der Waals surface area contributed by atoms with Gasteiger partial charge < -0.3 is 9.47 Å². The van der Waals surface area contributed by atoms with Gasteiger partial charge in [0.15, 0.2) is 11.5 Å². The highest BCUT2D eigenvalue weighted by Gasteiger charge is 2.59. The van der Waals surface area contributed by atoms with Crippen molar-refractivity contribution in [2.24, 2.45) is 28.8 Å². The fourth-order valence-electron chi connectivity index (χ4n) is 4.26. The van der Waals surface area contributed by atoms with E-state index in [1.54, 1.807) is 12.1 Å². The standard InChI is InChI=1S/C19H19ClN2O4/c1-3-26-17-12(7-13(20)8-14(17)25-2)9-21-22-18(23)15-10-4-5-11(6-10)16(15)19(22)24/h4-5,7-11,15-16H,3,6H2,1-2H3/t10-,11-,15-,16+/m0/s1. The van der Waals surface area contributed by atoms with Crippen LogP contribution in [0.1, 0.15) is 18.9 Å². The van der Waals surface area contributed by atoms with Crippen molar-refractivity contribution in [3.8, 4) is 11.5 Å². The second-order valence-corrected chi connectivity index (χ2v) is 7.13. The lowest BCUT2D eigenvalue weighted by Gasteiger charge is -2.14. The molecule has 0 N–H and O–H groups in total. The SMILES string of the molecule is CCOc1c(C=NN2C(=O)[C@@H]3[C@H](C2=O)[C@H]2C=C[C@H]3C2)cc(Cl)cc1OC. The molecule has 1 aromatic rings. The number of halogens is 1. The van der Waals surface area contributed by atoms with Gasteiger partial charge in [0, 0.05) is 16.7 Å². The summed E-state index contributed by atoms with van der Waals surface area (Å²) in [6, 6.07) is 3.31. The number of nitrogens with zero attached hydrogens (tertiary/aromatic N) is 2. The number of carbonyl (C=O) groups is 2. The van der Waals surface area contributed by atoms with Gasteiger partial charge in [0.25, 0.3) is 11.8 Å². The Morgan fingerprint density at radius 1 is 1.23 bits per heavy atom. The van der Waals surface area contributed by atoms with Crippen LogP contribution in [0.2, 0.25) is 5.02 Å². The molecule has 1 aromatic carbocycles. The van der Waals surface area contributed by atoms with Crippen LogP contribution >= 0.6 is 11.6 Å². The number of fused-ring (bicyclic) bond motifs is 5. The predicted molar refractivity (Wildman–Crippen MR) is 96.3 cm³/mol. The molecule has 7 heteroatoms. The summed E-state index contributed by atoms with van der Waals surface area (Å²) in [5.41, 5.74) is 0.551. The van der Waals surface area contributed by atoms with E-state index in [4.69, 9.17) is 21.1 Å². The molecule has 1 saturated heterocycles. The molecule has 1 heterocycles. The van der Waals surface area contributed by atoms with E-state index in [-0.39, 0.29) is 35.5 Å². The first-order valence-corrected chi connectivity index (χ1v) is 9.03. The minimum Gasteiger partial charge on any atom is -0.493 e. The van der Waals surface area contributed by atoms with Gasteiger partial charge in [-0.05, 0) is 31.2 Å². The van der Waals surface area contributed by atoms with Gasteiger partial charge >= 0.3 is 0 Å². The molecule has 0 radical (unpaired) electrons. The molecular weight excluding hydrogens is 356 g/mol. The number of hydrazone groups is 1. The number of hydrogen-bond acceptors (Lipinski definition) is 5. The zero-order chi connectivity index (χ0) is 18.4. The zero-order valence-electron chi connectivity index (χ0n) is 14.5. The first-order valence-electron chi connectivity index (χ1n) is 8.65.